The highest BCUT2D eigenvalue weighted by Crippen LogP contribution is 2.30. The molecular formula is C16H28N2O4S2. The molecule has 8 heteroatoms. The number of aliphatic hydroxyl groups excluding tert-OH is 4. The van der Waals surface area contributed by atoms with Crippen LogP contribution in [0.1, 0.15) is 12.8 Å². The number of nitrogen functional groups attached to an aromatic ring is 1. The molecule has 6 nitrogen and oxygen atoms in total. The van der Waals surface area contributed by atoms with Gasteiger partial charge in [-0.25, -0.2) is 0 Å². The van der Waals surface area contributed by atoms with E-state index in [9.17, 15) is 10.2 Å². The summed E-state index contributed by atoms with van der Waals surface area (Å²) in [5, 5.41) is 37.2. The first-order chi connectivity index (χ1) is 11.5. The first kappa shape index (κ1) is 21.4. The third-order valence-electron chi connectivity index (χ3n) is 3.60. The first-order valence-electron chi connectivity index (χ1n) is 7.97. The lowest BCUT2D eigenvalue weighted by molar-refractivity contribution is 0.0854. The fourth-order valence-corrected chi connectivity index (χ4v) is 3.19. The summed E-state index contributed by atoms with van der Waals surface area (Å²) in [6.45, 7) is 0.497. The second-order valence-corrected chi connectivity index (χ2v) is 7.12. The van der Waals surface area contributed by atoms with Crippen molar-refractivity contribution in [3.8, 4) is 0 Å². The van der Waals surface area contributed by atoms with E-state index in [1.165, 1.54) is 0 Å². The lowest BCUT2D eigenvalue weighted by Crippen LogP contribution is -2.31. The largest absolute Gasteiger partial charge is 0.398 e. The summed E-state index contributed by atoms with van der Waals surface area (Å²) >= 11 is 5.84. The third-order valence-corrected chi connectivity index (χ3v) is 5.20. The predicted molar refractivity (Wildman–Crippen MR) is 103 cm³/mol. The number of hydrogen-bond acceptors (Lipinski definition) is 8. The van der Waals surface area contributed by atoms with Crippen LogP contribution in [0.3, 0.4) is 0 Å². The highest BCUT2D eigenvalue weighted by Gasteiger charge is 2.13. The molecule has 24 heavy (non-hydrogen) atoms. The van der Waals surface area contributed by atoms with Crippen molar-refractivity contribution in [3.05, 3.63) is 18.2 Å². The Bertz CT molecular complexity index is 465. The van der Waals surface area contributed by atoms with Gasteiger partial charge in [0.25, 0.3) is 0 Å². The SMILES string of the molecule is Nc1ccc(N(CCC(O)CO)CCC(O)CO)cc1SCCS. The van der Waals surface area contributed by atoms with Gasteiger partial charge in [0.2, 0.25) is 0 Å². The molecule has 6 N–H and O–H groups in total. The van der Waals surface area contributed by atoms with Gasteiger partial charge in [-0.05, 0) is 36.8 Å². The lowest BCUT2D eigenvalue weighted by atomic mass is 10.2. The topological polar surface area (TPSA) is 110 Å². The van der Waals surface area contributed by atoms with Crippen LogP contribution in [0.4, 0.5) is 11.4 Å². The average Bonchev–Trinajstić information content (AvgIpc) is 2.60. The predicted octanol–water partition coefficient (Wildman–Crippen LogP) is 0.584. The van der Waals surface area contributed by atoms with Crippen molar-refractivity contribution >= 4 is 35.8 Å². The fourth-order valence-electron chi connectivity index (χ4n) is 2.16. The Kier molecular flexibility index (Phi) is 10.6. The highest BCUT2D eigenvalue weighted by molar-refractivity contribution is 8.00. The lowest BCUT2D eigenvalue weighted by Gasteiger charge is -2.27. The minimum atomic E-state index is -0.776. The number of thiol groups is 1. The van der Waals surface area contributed by atoms with Crippen LogP contribution in [0.5, 0.6) is 0 Å². The Morgan fingerprint density at radius 1 is 1.08 bits per heavy atom. The van der Waals surface area contributed by atoms with Crippen molar-refractivity contribution in [2.75, 3.05) is 48.4 Å². The summed E-state index contributed by atoms with van der Waals surface area (Å²) < 4.78 is 0. The van der Waals surface area contributed by atoms with Gasteiger partial charge in [-0.1, -0.05) is 0 Å². The summed E-state index contributed by atoms with van der Waals surface area (Å²) in [7, 11) is 0. The zero-order valence-corrected chi connectivity index (χ0v) is 15.4. The molecule has 0 fully saturated rings. The number of thioether (sulfide) groups is 1. The van der Waals surface area contributed by atoms with E-state index in [2.05, 4.69) is 12.6 Å². The van der Waals surface area contributed by atoms with Gasteiger partial charge in [0.05, 0.1) is 25.4 Å². The molecule has 0 spiro atoms. The molecule has 0 amide bonds. The Morgan fingerprint density at radius 3 is 2.17 bits per heavy atom. The number of aliphatic hydroxyl groups is 4. The Morgan fingerprint density at radius 2 is 1.67 bits per heavy atom. The van der Waals surface area contributed by atoms with Gasteiger partial charge in [-0.15, -0.1) is 11.8 Å². The first-order valence-corrected chi connectivity index (χ1v) is 9.59. The van der Waals surface area contributed by atoms with E-state index in [0.29, 0.717) is 31.6 Å². The fraction of sp³-hybridized carbons (Fsp3) is 0.625. The minimum Gasteiger partial charge on any atom is -0.398 e. The smallest absolute Gasteiger partial charge is 0.0787 e. The molecule has 0 heterocycles. The summed E-state index contributed by atoms with van der Waals surface area (Å²) in [5.41, 5.74) is 7.64. The standard InChI is InChI=1S/C16H28N2O4S2/c17-15-2-1-12(9-16(15)24-8-7-23)18(5-3-13(21)10-19)6-4-14(22)11-20/h1-2,9,13-14,19-23H,3-8,10-11,17H2. The van der Waals surface area contributed by atoms with Crippen molar-refractivity contribution in [1.82, 2.24) is 0 Å². The number of hydrogen-bond donors (Lipinski definition) is 6. The maximum Gasteiger partial charge on any atom is 0.0787 e. The van der Waals surface area contributed by atoms with E-state index in [1.54, 1.807) is 11.8 Å². The van der Waals surface area contributed by atoms with E-state index >= 15 is 0 Å². The van der Waals surface area contributed by atoms with Gasteiger partial charge in [-0.3, -0.25) is 0 Å². The van der Waals surface area contributed by atoms with Gasteiger partial charge in [0, 0.05) is 35.1 Å². The van der Waals surface area contributed by atoms with Crippen molar-refractivity contribution < 1.29 is 20.4 Å². The molecule has 0 aliphatic rings. The molecule has 0 aromatic heterocycles. The van der Waals surface area contributed by atoms with Crippen LogP contribution in [-0.4, -0.2) is 70.4 Å². The van der Waals surface area contributed by atoms with Crippen LogP contribution >= 0.6 is 24.4 Å². The van der Waals surface area contributed by atoms with Crippen LogP contribution < -0.4 is 10.6 Å². The number of benzene rings is 1. The van der Waals surface area contributed by atoms with Gasteiger partial charge in [-0.2, -0.15) is 12.6 Å². The molecule has 1 aromatic rings. The molecule has 0 bridgehead atoms. The van der Waals surface area contributed by atoms with Crippen LogP contribution in [-0.2, 0) is 0 Å². The minimum absolute atomic E-state index is 0.280. The van der Waals surface area contributed by atoms with Gasteiger partial charge < -0.3 is 31.1 Å². The van der Waals surface area contributed by atoms with Crippen LogP contribution in [0.2, 0.25) is 0 Å². The highest BCUT2D eigenvalue weighted by atomic mass is 32.2. The molecule has 2 atom stereocenters. The van der Waals surface area contributed by atoms with Gasteiger partial charge in [0.1, 0.15) is 0 Å². The molecule has 0 radical (unpaired) electrons. The van der Waals surface area contributed by atoms with Crippen LogP contribution in [0, 0.1) is 0 Å². The molecule has 0 saturated heterocycles. The average molecular weight is 377 g/mol. The van der Waals surface area contributed by atoms with E-state index < -0.39 is 12.2 Å². The Balaban J connectivity index is 2.86. The summed E-state index contributed by atoms with van der Waals surface area (Å²) in [6, 6.07) is 5.73. The molecule has 2 unspecified atom stereocenters. The monoisotopic (exact) mass is 376 g/mol. The summed E-state index contributed by atoms with van der Waals surface area (Å²) in [5.74, 6) is 1.60. The van der Waals surface area contributed by atoms with E-state index in [4.69, 9.17) is 15.9 Å². The molecule has 0 saturated carbocycles. The second-order valence-electron chi connectivity index (χ2n) is 5.53. The number of anilines is 2. The van der Waals surface area contributed by atoms with Crippen molar-refractivity contribution in [3.63, 3.8) is 0 Å². The molecular weight excluding hydrogens is 348 g/mol. The molecule has 0 aliphatic heterocycles. The quantitative estimate of drug-likeness (QED) is 0.180. The van der Waals surface area contributed by atoms with E-state index in [1.807, 2.05) is 23.1 Å². The maximum absolute atomic E-state index is 9.59. The molecule has 1 rings (SSSR count). The molecule has 138 valence electrons. The second kappa shape index (κ2) is 11.8. The van der Waals surface area contributed by atoms with Crippen molar-refractivity contribution in [2.24, 2.45) is 0 Å². The Labute approximate surface area is 153 Å². The molecule has 1 aromatic carbocycles. The maximum atomic E-state index is 9.59. The normalized spacial score (nSPS) is 13.7. The van der Waals surface area contributed by atoms with E-state index in [0.717, 1.165) is 22.1 Å². The van der Waals surface area contributed by atoms with Gasteiger partial charge in [0.15, 0.2) is 0 Å². The third kappa shape index (κ3) is 7.50. The van der Waals surface area contributed by atoms with Crippen molar-refractivity contribution in [2.45, 2.75) is 29.9 Å². The Hall–Kier alpha value is -0.640. The summed E-state index contributed by atoms with van der Waals surface area (Å²) in [6.07, 6.45) is -0.728. The van der Waals surface area contributed by atoms with Crippen LogP contribution in [0.25, 0.3) is 0 Å². The van der Waals surface area contributed by atoms with E-state index in [-0.39, 0.29) is 13.2 Å². The van der Waals surface area contributed by atoms with Crippen LogP contribution in [0.15, 0.2) is 23.1 Å². The number of nitrogens with zero attached hydrogens (tertiary/aromatic N) is 1. The zero-order valence-electron chi connectivity index (χ0n) is 13.7. The number of nitrogens with two attached hydrogens (primary N) is 1. The number of rotatable bonds is 12. The summed E-state index contributed by atoms with van der Waals surface area (Å²) in [4.78, 5) is 2.99. The van der Waals surface area contributed by atoms with Crippen molar-refractivity contribution in [1.29, 1.82) is 0 Å². The van der Waals surface area contributed by atoms with Gasteiger partial charge >= 0.3 is 0 Å². The zero-order chi connectivity index (χ0) is 17.9. The molecule has 0 aliphatic carbocycles.